The lowest BCUT2D eigenvalue weighted by atomic mass is 9.98. The van der Waals surface area contributed by atoms with Crippen LogP contribution < -0.4 is 14.8 Å². The summed E-state index contributed by atoms with van der Waals surface area (Å²) in [5, 5.41) is 12.6. The third-order valence-corrected chi connectivity index (χ3v) is 4.44. The highest BCUT2D eigenvalue weighted by Crippen LogP contribution is 2.38. The molecule has 0 amide bonds. The van der Waals surface area contributed by atoms with Gasteiger partial charge >= 0.3 is 5.97 Å². The molecule has 5 nitrogen and oxygen atoms in total. The molecule has 0 spiro atoms. The van der Waals surface area contributed by atoms with Crippen LogP contribution in [0, 0.1) is 6.92 Å². The number of nitrogens with one attached hydrogen (secondary N) is 1. The molecule has 0 aliphatic carbocycles. The fourth-order valence-corrected chi connectivity index (χ4v) is 3.07. The van der Waals surface area contributed by atoms with E-state index in [1.165, 1.54) is 0 Å². The maximum Gasteiger partial charge on any atom is 0.337 e. The van der Waals surface area contributed by atoms with E-state index in [1.807, 2.05) is 49.4 Å². The third kappa shape index (κ3) is 2.84. The molecule has 3 aromatic rings. The predicted octanol–water partition coefficient (Wildman–Crippen LogP) is 4.83. The van der Waals surface area contributed by atoms with E-state index in [-0.39, 0.29) is 12.4 Å². The second-order valence-electron chi connectivity index (χ2n) is 6.02. The van der Waals surface area contributed by atoms with Gasteiger partial charge in [-0.3, -0.25) is 0 Å². The second-order valence-corrected chi connectivity index (χ2v) is 6.02. The first kappa shape index (κ1) is 16.0. The van der Waals surface area contributed by atoms with Gasteiger partial charge < -0.3 is 19.9 Å². The first-order valence-corrected chi connectivity index (χ1v) is 8.22. The molecule has 0 aromatic heterocycles. The van der Waals surface area contributed by atoms with Crippen molar-refractivity contribution in [2.75, 3.05) is 12.1 Å². The monoisotopic (exact) mass is 347 g/mol. The summed E-state index contributed by atoms with van der Waals surface area (Å²) >= 11 is 0. The van der Waals surface area contributed by atoms with Gasteiger partial charge in [-0.2, -0.15) is 0 Å². The Kier molecular flexibility index (Phi) is 3.97. The summed E-state index contributed by atoms with van der Waals surface area (Å²) in [6.07, 6.45) is 0. The Morgan fingerprint density at radius 3 is 2.58 bits per heavy atom. The van der Waals surface area contributed by atoms with Crippen molar-refractivity contribution in [2.45, 2.75) is 6.92 Å². The van der Waals surface area contributed by atoms with Crippen LogP contribution in [0.2, 0.25) is 0 Å². The number of carboxylic acid groups (broad SMARTS) is 1. The lowest BCUT2D eigenvalue weighted by molar-refractivity contribution is 0.0698. The molecule has 0 bridgehead atoms. The third-order valence-electron chi connectivity index (χ3n) is 4.44. The van der Waals surface area contributed by atoms with Crippen LogP contribution in [0.4, 0.5) is 11.4 Å². The van der Waals surface area contributed by atoms with E-state index >= 15 is 0 Å². The Balaban J connectivity index is 1.72. The number of anilines is 2. The average molecular weight is 347 g/mol. The number of rotatable bonds is 4. The molecule has 26 heavy (non-hydrogen) atoms. The number of fused-ring (bicyclic) bond motifs is 1. The van der Waals surface area contributed by atoms with Gasteiger partial charge in [0.1, 0.15) is 0 Å². The van der Waals surface area contributed by atoms with Gasteiger partial charge in [0, 0.05) is 5.69 Å². The number of carboxylic acids is 1. The van der Waals surface area contributed by atoms with Crippen LogP contribution in [0.3, 0.4) is 0 Å². The summed E-state index contributed by atoms with van der Waals surface area (Å²) in [5.74, 6) is 0.519. The van der Waals surface area contributed by atoms with Gasteiger partial charge in [0.25, 0.3) is 0 Å². The molecule has 2 N–H and O–H groups in total. The normalized spacial score (nSPS) is 12.0. The van der Waals surface area contributed by atoms with Crippen LogP contribution >= 0.6 is 0 Å². The van der Waals surface area contributed by atoms with Crippen molar-refractivity contribution >= 4 is 17.3 Å². The van der Waals surface area contributed by atoms with E-state index in [0.717, 1.165) is 33.9 Å². The van der Waals surface area contributed by atoms with Gasteiger partial charge in [-0.1, -0.05) is 30.3 Å². The van der Waals surface area contributed by atoms with Gasteiger partial charge in [0.05, 0.1) is 11.3 Å². The van der Waals surface area contributed by atoms with E-state index in [0.29, 0.717) is 5.69 Å². The van der Waals surface area contributed by atoms with Crippen LogP contribution in [0.5, 0.6) is 11.5 Å². The van der Waals surface area contributed by atoms with Crippen molar-refractivity contribution < 1.29 is 19.4 Å². The highest BCUT2D eigenvalue weighted by molar-refractivity contribution is 5.95. The van der Waals surface area contributed by atoms with Crippen molar-refractivity contribution in [1.82, 2.24) is 0 Å². The second kappa shape index (κ2) is 6.44. The minimum absolute atomic E-state index is 0.236. The minimum atomic E-state index is -0.960. The number of ether oxygens (including phenoxy) is 2. The largest absolute Gasteiger partial charge is 0.478 e. The maximum atomic E-state index is 11.4. The standard InChI is InChI=1S/C21H17NO4/c1-13-15(14-9-10-19-20(11-14)26-12-25-19)6-4-8-17(13)22-18-7-3-2-5-16(18)21(23)24/h2-11,22H,12H2,1H3,(H,23,24). The van der Waals surface area contributed by atoms with Crippen LogP contribution in [0.1, 0.15) is 15.9 Å². The van der Waals surface area contributed by atoms with Crippen molar-refractivity contribution in [3.8, 4) is 22.6 Å². The molecule has 1 aliphatic heterocycles. The summed E-state index contributed by atoms with van der Waals surface area (Å²) in [7, 11) is 0. The number of para-hydroxylation sites is 1. The summed E-state index contributed by atoms with van der Waals surface area (Å²) in [6.45, 7) is 2.25. The van der Waals surface area contributed by atoms with Crippen LogP contribution in [-0.4, -0.2) is 17.9 Å². The lowest BCUT2D eigenvalue weighted by Crippen LogP contribution is -2.03. The molecule has 0 radical (unpaired) electrons. The molecular weight excluding hydrogens is 330 g/mol. The summed E-state index contributed by atoms with van der Waals surface area (Å²) < 4.78 is 10.8. The number of hydrogen-bond donors (Lipinski definition) is 2. The Labute approximate surface area is 150 Å². The van der Waals surface area contributed by atoms with Crippen molar-refractivity contribution in [3.63, 3.8) is 0 Å². The topological polar surface area (TPSA) is 67.8 Å². The van der Waals surface area contributed by atoms with E-state index in [2.05, 4.69) is 5.32 Å². The molecule has 0 saturated carbocycles. The lowest BCUT2D eigenvalue weighted by Gasteiger charge is -2.15. The number of hydrogen-bond acceptors (Lipinski definition) is 4. The zero-order valence-corrected chi connectivity index (χ0v) is 14.2. The molecule has 3 aromatic carbocycles. The van der Waals surface area contributed by atoms with Crippen molar-refractivity contribution in [1.29, 1.82) is 0 Å². The number of aromatic carboxylic acids is 1. The minimum Gasteiger partial charge on any atom is -0.478 e. The zero-order valence-electron chi connectivity index (χ0n) is 14.2. The molecule has 0 atom stereocenters. The number of carbonyl (C=O) groups is 1. The molecule has 4 rings (SSSR count). The van der Waals surface area contributed by atoms with E-state index in [4.69, 9.17) is 9.47 Å². The Morgan fingerprint density at radius 1 is 0.962 bits per heavy atom. The van der Waals surface area contributed by atoms with Gasteiger partial charge in [0.15, 0.2) is 11.5 Å². The molecule has 0 saturated heterocycles. The SMILES string of the molecule is Cc1c(Nc2ccccc2C(=O)O)cccc1-c1ccc2c(c1)OCO2. The van der Waals surface area contributed by atoms with Crippen molar-refractivity contribution in [3.05, 3.63) is 71.8 Å². The number of benzene rings is 3. The highest BCUT2D eigenvalue weighted by Gasteiger charge is 2.16. The van der Waals surface area contributed by atoms with Crippen LogP contribution in [0.25, 0.3) is 11.1 Å². The van der Waals surface area contributed by atoms with E-state index in [1.54, 1.807) is 18.2 Å². The summed E-state index contributed by atoms with van der Waals surface area (Å²) in [5.41, 5.74) is 4.73. The average Bonchev–Trinajstić information content (AvgIpc) is 3.11. The molecule has 1 aliphatic rings. The van der Waals surface area contributed by atoms with Crippen molar-refractivity contribution in [2.24, 2.45) is 0 Å². The molecular formula is C21H17NO4. The predicted molar refractivity (Wildman–Crippen MR) is 99.4 cm³/mol. The van der Waals surface area contributed by atoms with Gasteiger partial charge in [-0.05, 0) is 53.9 Å². The Hall–Kier alpha value is -3.47. The highest BCUT2D eigenvalue weighted by atomic mass is 16.7. The first-order valence-electron chi connectivity index (χ1n) is 8.22. The fraction of sp³-hybridized carbons (Fsp3) is 0.0952. The summed E-state index contributed by atoms with van der Waals surface area (Å²) in [4.78, 5) is 11.4. The zero-order chi connectivity index (χ0) is 18.1. The molecule has 1 heterocycles. The van der Waals surface area contributed by atoms with Crippen LogP contribution in [-0.2, 0) is 0 Å². The van der Waals surface area contributed by atoms with Gasteiger partial charge in [0.2, 0.25) is 6.79 Å². The quantitative estimate of drug-likeness (QED) is 0.707. The van der Waals surface area contributed by atoms with E-state index in [9.17, 15) is 9.90 Å². The molecule has 130 valence electrons. The van der Waals surface area contributed by atoms with E-state index < -0.39 is 5.97 Å². The summed E-state index contributed by atoms with van der Waals surface area (Å²) in [6, 6.07) is 18.6. The fourth-order valence-electron chi connectivity index (χ4n) is 3.07. The van der Waals surface area contributed by atoms with Gasteiger partial charge in [-0.15, -0.1) is 0 Å². The molecule has 0 unspecified atom stereocenters. The van der Waals surface area contributed by atoms with Crippen LogP contribution in [0.15, 0.2) is 60.7 Å². The Morgan fingerprint density at radius 2 is 1.73 bits per heavy atom. The Bertz CT molecular complexity index is 997. The first-order chi connectivity index (χ1) is 12.6. The maximum absolute atomic E-state index is 11.4. The smallest absolute Gasteiger partial charge is 0.337 e. The van der Waals surface area contributed by atoms with Gasteiger partial charge in [-0.25, -0.2) is 4.79 Å². The molecule has 5 heteroatoms. The molecule has 0 fully saturated rings.